The zero-order valence-corrected chi connectivity index (χ0v) is 17.6. The van der Waals surface area contributed by atoms with Crippen LogP contribution in [-0.2, 0) is 11.7 Å². The van der Waals surface area contributed by atoms with E-state index in [4.69, 9.17) is 0 Å². The van der Waals surface area contributed by atoms with Crippen molar-refractivity contribution >= 4 is 16.7 Å². The van der Waals surface area contributed by atoms with Gasteiger partial charge in [-0.2, -0.15) is 13.2 Å². The molecule has 0 aliphatic carbocycles. The second-order valence-electron chi connectivity index (χ2n) is 8.11. The van der Waals surface area contributed by atoms with Gasteiger partial charge in [0.25, 0.3) is 5.91 Å². The van der Waals surface area contributed by atoms with E-state index in [-0.39, 0.29) is 5.91 Å². The van der Waals surface area contributed by atoms with E-state index in [2.05, 4.69) is 10.3 Å². The largest absolute Gasteiger partial charge is 0.416 e. The Kier molecular flexibility index (Phi) is 5.46. The quantitative estimate of drug-likeness (QED) is 0.394. The molecule has 0 radical (unpaired) electrons. The summed E-state index contributed by atoms with van der Waals surface area (Å²) >= 11 is 0. The first kappa shape index (κ1) is 21.6. The first-order chi connectivity index (χ1) is 15.1. The molecule has 4 rings (SSSR count). The number of carbonyl (C=O) groups is 1. The molecule has 0 spiro atoms. The minimum Gasteiger partial charge on any atom is -0.342 e. The summed E-state index contributed by atoms with van der Waals surface area (Å²) in [7, 11) is 0. The molecule has 1 amide bonds. The first-order valence-corrected chi connectivity index (χ1v) is 10.1. The maximum absolute atomic E-state index is 12.9. The van der Waals surface area contributed by atoms with Crippen molar-refractivity contribution in [2.24, 2.45) is 0 Å². The van der Waals surface area contributed by atoms with Crippen molar-refractivity contribution in [3.8, 4) is 11.1 Å². The number of rotatable bonds is 4. The normalized spacial score (nSPS) is 12.0. The van der Waals surface area contributed by atoms with Crippen LogP contribution in [0.5, 0.6) is 0 Å². The summed E-state index contributed by atoms with van der Waals surface area (Å²) in [5, 5.41) is 4.69. The molecule has 0 saturated carbocycles. The van der Waals surface area contributed by atoms with E-state index in [0.29, 0.717) is 11.1 Å². The maximum Gasteiger partial charge on any atom is 0.416 e. The van der Waals surface area contributed by atoms with Crippen LogP contribution in [0.4, 0.5) is 13.2 Å². The van der Waals surface area contributed by atoms with Crippen molar-refractivity contribution in [2.75, 3.05) is 0 Å². The average Bonchev–Trinajstić information content (AvgIpc) is 2.78. The monoisotopic (exact) mass is 434 g/mol. The third-order valence-corrected chi connectivity index (χ3v) is 5.40. The van der Waals surface area contributed by atoms with Crippen LogP contribution in [0.2, 0.25) is 0 Å². The molecule has 1 aromatic heterocycles. The van der Waals surface area contributed by atoms with Crippen molar-refractivity contribution < 1.29 is 18.0 Å². The third kappa shape index (κ3) is 4.35. The van der Waals surface area contributed by atoms with Gasteiger partial charge in [-0.05, 0) is 72.1 Å². The summed E-state index contributed by atoms with van der Waals surface area (Å²) in [6, 6.07) is 21.5. The van der Waals surface area contributed by atoms with E-state index < -0.39 is 17.3 Å². The van der Waals surface area contributed by atoms with Gasteiger partial charge >= 0.3 is 6.18 Å². The highest BCUT2D eigenvalue weighted by Crippen LogP contribution is 2.33. The Balaban J connectivity index is 1.64. The van der Waals surface area contributed by atoms with Crippen LogP contribution in [0.1, 0.15) is 35.5 Å². The Hall–Kier alpha value is -3.67. The number of benzene rings is 3. The summed E-state index contributed by atoms with van der Waals surface area (Å²) in [5.41, 5.74) is 1.38. The van der Waals surface area contributed by atoms with Crippen LogP contribution in [0.3, 0.4) is 0 Å². The number of amides is 1. The number of fused-ring (bicyclic) bond motifs is 1. The Labute approximate surface area is 183 Å². The lowest BCUT2D eigenvalue weighted by molar-refractivity contribution is -0.137. The summed E-state index contributed by atoms with van der Waals surface area (Å²) < 4.78 is 38.6. The van der Waals surface area contributed by atoms with Gasteiger partial charge in [0.2, 0.25) is 0 Å². The van der Waals surface area contributed by atoms with Gasteiger partial charge < -0.3 is 5.32 Å². The van der Waals surface area contributed by atoms with Crippen LogP contribution in [0.25, 0.3) is 21.9 Å². The lowest BCUT2D eigenvalue weighted by atomic mass is 9.95. The molecule has 32 heavy (non-hydrogen) atoms. The minimum atomic E-state index is -4.37. The second kappa shape index (κ2) is 8.11. The standard InChI is InChI=1S/C26H21F3N2O/c1-25(2,23-8-3-4-15-30-23)31-24(32)19-11-14-22-18(16-19)6-5-7-21(22)17-9-12-20(13-10-17)26(27,28)29/h3-16H,1-2H3,(H,31,32). The molecule has 162 valence electrons. The smallest absolute Gasteiger partial charge is 0.342 e. The van der Waals surface area contributed by atoms with Crippen LogP contribution >= 0.6 is 0 Å². The zero-order chi connectivity index (χ0) is 22.9. The molecule has 0 fully saturated rings. The number of hydrogen-bond donors (Lipinski definition) is 1. The average molecular weight is 434 g/mol. The summed E-state index contributed by atoms with van der Waals surface area (Å²) in [6.07, 6.45) is -2.69. The number of carbonyl (C=O) groups excluding carboxylic acids is 1. The topological polar surface area (TPSA) is 42.0 Å². The number of alkyl halides is 3. The Morgan fingerprint density at radius 3 is 2.28 bits per heavy atom. The molecule has 0 aliphatic heterocycles. The highest BCUT2D eigenvalue weighted by Gasteiger charge is 2.30. The Morgan fingerprint density at radius 1 is 0.875 bits per heavy atom. The van der Waals surface area contributed by atoms with Crippen molar-refractivity contribution in [3.05, 3.63) is 102 Å². The van der Waals surface area contributed by atoms with Crippen molar-refractivity contribution in [3.63, 3.8) is 0 Å². The first-order valence-electron chi connectivity index (χ1n) is 10.1. The molecule has 3 nitrogen and oxygen atoms in total. The number of hydrogen-bond acceptors (Lipinski definition) is 2. The summed E-state index contributed by atoms with van der Waals surface area (Å²) in [6.45, 7) is 3.77. The van der Waals surface area contributed by atoms with Gasteiger partial charge in [0.15, 0.2) is 0 Å². The second-order valence-corrected chi connectivity index (χ2v) is 8.11. The number of pyridine rings is 1. The van der Waals surface area contributed by atoms with Gasteiger partial charge in [-0.25, -0.2) is 0 Å². The highest BCUT2D eigenvalue weighted by atomic mass is 19.4. The maximum atomic E-state index is 12.9. The van der Waals surface area contributed by atoms with E-state index in [0.717, 1.165) is 34.2 Å². The Bertz CT molecular complexity index is 1260. The number of nitrogens with zero attached hydrogens (tertiary/aromatic N) is 1. The molecule has 3 aromatic carbocycles. The van der Waals surface area contributed by atoms with Crippen LogP contribution in [-0.4, -0.2) is 10.9 Å². The molecule has 6 heteroatoms. The molecule has 4 aromatic rings. The predicted molar refractivity (Wildman–Crippen MR) is 119 cm³/mol. The molecule has 0 atom stereocenters. The molecule has 0 aliphatic rings. The number of nitrogens with one attached hydrogen (secondary N) is 1. The summed E-state index contributed by atoms with van der Waals surface area (Å²) in [4.78, 5) is 17.2. The van der Waals surface area contributed by atoms with Gasteiger partial charge in [-0.15, -0.1) is 0 Å². The van der Waals surface area contributed by atoms with Crippen LogP contribution in [0.15, 0.2) is 85.1 Å². The fourth-order valence-electron chi connectivity index (χ4n) is 3.67. The lowest BCUT2D eigenvalue weighted by Crippen LogP contribution is -2.41. The van der Waals surface area contributed by atoms with E-state index in [1.807, 2.05) is 56.3 Å². The SMILES string of the molecule is CC(C)(NC(=O)c1ccc2c(-c3ccc(C(F)(F)F)cc3)cccc2c1)c1ccccn1. The van der Waals surface area contributed by atoms with E-state index in [1.165, 1.54) is 12.1 Å². The third-order valence-electron chi connectivity index (χ3n) is 5.40. The molecule has 1 N–H and O–H groups in total. The molecular formula is C26H21F3N2O. The van der Waals surface area contributed by atoms with E-state index in [1.54, 1.807) is 18.3 Å². The van der Waals surface area contributed by atoms with Gasteiger partial charge in [0.1, 0.15) is 0 Å². The molecule has 0 unspecified atom stereocenters. The summed E-state index contributed by atoms with van der Waals surface area (Å²) in [5.74, 6) is -0.234. The van der Waals surface area contributed by atoms with E-state index >= 15 is 0 Å². The van der Waals surface area contributed by atoms with Gasteiger partial charge in [0.05, 0.1) is 16.8 Å². The fraction of sp³-hybridized carbons (Fsp3) is 0.154. The van der Waals surface area contributed by atoms with Crippen LogP contribution < -0.4 is 5.32 Å². The number of aromatic nitrogens is 1. The molecule has 0 bridgehead atoms. The fourth-order valence-corrected chi connectivity index (χ4v) is 3.67. The predicted octanol–water partition coefficient (Wildman–Crippen LogP) is 6.59. The zero-order valence-electron chi connectivity index (χ0n) is 17.6. The molecular weight excluding hydrogens is 413 g/mol. The van der Waals surface area contributed by atoms with Gasteiger partial charge in [0, 0.05) is 11.8 Å². The van der Waals surface area contributed by atoms with Crippen LogP contribution in [0, 0.1) is 0 Å². The lowest BCUT2D eigenvalue weighted by Gasteiger charge is -2.25. The molecule has 0 saturated heterocycles. The van der Waals surface area contributed by atoms with E-state index in [9.17, 15) is 18.0 Å². The molecule has 1 heterocycles. The van der Waals surface area contributed by atoms with Gasteiger partial charge in [-0.3, -0.25) is 9.78 Å². The highest BCUT2D eigenvalue weighted by molar-refractivity contribution is 6.02. The van der Waals surface area contributed by atoms with Gasteiger partial charge in [-0.1, -0.05) is 42.5 Å². The van der Waals surface area contributed by atoms with Crippen molar-refractivity contribution in [1.29, 1.82) is 0 Å². The van der Waals surface area contributed by atoms with Crippen molar-refractivity contribution in [2.45, 2.75) is 25.6 Å². The number of halogens is 3. The minimum absolute atomic E-state index is 0.234. The van der Waals surface area contributed by atoms with Crippen molar-refractivity contribution in [1.82, 2.24) is 10.3 Å². The Morgan fingerprint density at radius 2 is 1.62 bits per heavy atom.